The fraction of sp³-hybridized carbons (Fsp3) is 0.321. The highest BCUT2D eigenvalue weighted by Crippen LogP contribution is 2.29. The quantitative estimate of drug-likeness (QED) is 0.295. The summed E-state index contributed by atoms with van der Waals surface area (Å²) in [4.78, 5) is 11.6. The number of fused-ring (bicyclic) bond motifs is 1. The number of para-hydroxylation sites is 1. The number of carbonyl (C=O) groups excluding carboxylic acids is 1. The minimum atomic E-state index is -3.97. The second kappa shape index (κ2) is 11.8. The lowest BCUT2D eigenvalue weighted by molar-refractivity contribution is -0.115. The zero-order valence-electron chi connectivity index (χ0n) is 22.5. The number of sulfonamides is 2. The normalized spacial score (nSPS) is 13.6. The van der Waals surface area contributed by atoms with Gasteiger partial charge in [0.15, 0.2) is 0 Å². The molecule has 0 atom stereocenters. The van der Waals surface area contributed by atoms with Gasteiger partial charge in [-0.25, -0.2) is 21.6 Å². The molecule has 214 valence electrons. The lowest BCUT2D eigenvalue weighted by Gasteiger charge is -2.21. The molecule has 0 aromatic heterocycles. The van der Waals surface area contributed by atoms with E-state index in [0.29, 0.717) is 35.8 Å². The number of hydrogen-bond acceptors (Lipinski definition) is 6. The molecular weight excluding hydrogens is 574 g/mol. The van der Waals surface area contributed by atoms with Gasteiger partial charge < -0.3 is 10.1 Å². The van der Waals surface area contributed by atoms with Crippen LogP contribution in [0.5, 0.6) is 5.75 Å². The Morgan fingerprint density at radius 3 is 2.45 bits per heavy atom. The van der Waals surface area contributed by atoms with Crippen LogP contribution in [0.15, 0.2) is 65.6 Å². The summed E-state index contributed by atoms with van der Waals surface area (Å²) in [6.07, 6.45) is 0.990. The molecule has 0 radical (unpaired) electrons. The average Bonchev–Trinajstić information content (AvgIpc) is 3.23. The SMILES string of the molecule is CC(C)(C)NS(=O)(=O)c1ccccc1NS(=O)(=O)CCc1ccc(Cl)cc1OCCc1cccc2c1CC(=O)N2. The third-order valence-electron chi connectivity index (χ3n) is 6.07. The van der Waals surface area contributed by atoms with Gasteiger partial charge in [-0.15, -0.1) is 0 Å². The molecule has 40 heavy (non-hydrogen) atoms. The predicted octanol–water partition coefficient (Wildman–Crippen LogP) is 4.52. The van der Waals surface area contributed by atoms with Crippen molar-refractivity contribution in [2.24, 2.45) is 0 Å². The van der Waals surface area contributed by atoms with E-state index in [1.165, 1.54) is 18.2 Å². The van der Waals surface area contributed by atoms with Gasteiger partial charge >= 0.3 is 0 Å². The maximum absolute atomic E-state index is 13.0. The maximum atomic E-state index is 13.0. The predicted molar refractivity (Wildman–Crippen MR) is 157 cm³/mol. The monoisotopic (exact) mass is 605 g/mol. The number of anilines is 2. The summed E-state index contributed by atoms with van der Waals surface area (Å²) in [7, 11) is -7.91. The van der Waals surface area contributed by atoms with Gasteiger partial charge in [-0.05, 0) is 74.2 Å². The first kappa shape index (κ1) is 29.9. The number of amides is 1. The van der Waals surface area contributed by atoms with Crippen molar-refractivity contribution < 1.29 is 26.4 Å². The van der Waals surface area contributed by atoms with E-state index in [1.54, 1.807) is 45.0 Å². The van der Waals surface area contributed by atoms with E-state index >= 15 is 0 Å². The molecule has 0 saturated heterocycles. The topological polar surface area (TPSA) is 131 Å². The van der Waals surface area contributed by atoms with E-state index in [9.17, 15) is 21.6 Å². The molecule has 3 N–H and O–H groups in total. The van der Waals surface area contributed by atoms with Gasteiger partial charge in [0.2, 0.25) is 26.0 Å². The number of carbonyl (C=O) groups is 1. The van der Waals surface area contributed by atoms with Crippen LogP contribution in [0, 0.1) is 0 Å². The van der Waals surface area contributed by atoms with Gasteiger partial charge in [0.05, 0.1) is 24.5 Å². The van der Waals surface area contributed by atoms with Crippen molar-refractivity contribution in [3.8, 4) is 5.75 Å². The van der Waals surface area contributed by atoms with Gasteiger partial charge in [-0.2, -0.15) is 0 Å². The molecule has 1 heterocycles. The Balaban J connectivity index is 1.44. The molecule has 0 fully saturated rings. The first-order chi connectivity index (χ1) is 18.7. The van der Waals surface area contributed by atoms with E-state index in [0.717, 1.165) is 16.8 Å². The molecule has 1 aliphatic heterocycles. The van der Waals surface area contributed by atoms with E-state index in [4.69, 9.17) is 16.3 Å². The molecule has 1 aliphatic rings. The lowest BCUT2D eigenvalue weighted by atomic mass is 10.0. The lowest BCUT2D eigenvalue weighted by Crippen LogP contribution is -2.40. The fourth-order valence-electron chi connectivity index (χ4n) is 4.40. The first-order valence-electron chi connectivity index (χ1n) is 12.7. The van der Waals surface area contributed by atoms with Crippen molar-refractivity contribution in [3.63, 3.8) is 0 Å². The van der Waals surface area contributed by atoms with E-state index < -0.39 is 25.6 Å². The Bertz CT molecular complexity index is 1630. The number of ether oxygens (including phenoxy) is 1. The fourth-order valence-corrected chi connectivity index (χ4v) is 7.31. The maximum Gasteiger partial charge on any atom is 0.243 e. The molecule has 3 aromatic carbocycles. The molecule has 0 aliphatic carbocycles. The highest BCUT2D eigenvalue weighted by Gasteiger charge is 2.26. The highest BCUT2D eigenvalue weighted by atomic mass is 35.5. The van der Waals surface area contributed by atoms with Gasteiger partial charge in [-0.1, -0.05) is 41.9 Å². The van der Waals surface area contributed by atoms with Crippen molar-refractivity contribution in [2.45, 2.75) is 50.5 Å². The molecule has 0 bridgehead atoms. The first-order valence-corrected chi connectivity index (χ1v) is 16.2. The van der Waals surface area contributed by atoms with Crippen LogP contribution in [-0.2, 0) is 44.1 Å². The molecule has 4 rings (SSSR count). The Morgan fingerprint density at radius 2 is 1.70 bits per heavy atom. The van der Waals surface area contributed by atoms with Crippen molar-refractivity contribution in [2.75, 3.05) is 22.4 Å². The highest BCUT2D eigenvalue weighted by molar-refractivity contribution is 7.93. The summed E-state index contributed by atoms with van der Waals surface area (Å²) in [5.41, 5.74) is 2.63. The van der Waals surface area contributed by atoms with Gasteiger partial charge in [-0.3, -0.25) is 9.52 Å². The summed E-state index contributed by atoms with van der Waals surface area (Å²) in [5.74, 6) is 0.106. The minimum absolute atomic E-state index is 0.0322. The van der Waals surface area contributed by atoms with Gasteiger partial charge in [0, 0.05) is 22.7 Å². The summed E-state index contributed by atoms with van der Waals surface area (Å²) < 4.78 is 62.8. The van der Waals surface area contributed by atoms with Crippen LogP contribution >= 0.6 is 11.6 Å². The summed E-state index contributed by atoms with van der Waals surface area (Å²) in [6.45, 7) is 5.41. The molecular formula is C28H32ClN3O6S2. The number of rotatable bonds is 11. The van der Waals surface area contributed by atoms with Gasteiger partial charge in [0.25, 0.3) is 0 Å². The Hall–Kier alpha value is -3.12. The zero-order chi connectivity index (χ0) is 29.1. The van der Waals surface area contributed by atoms with Crippen LogP contribution in [0.1, 0.15) is 37.5 Å². The van der Waals surface area contributed by atoms with Gasteiger partial charge in [0.1, 0.15) is 10.6 Å². The average molecular weight is 606 g/mol. The largest absolute Gasteiger partial charge is 0.493 e. The Kier molecular flexibility index (Phi) is 8.79. The van der Waals surface area contributed by atoms with Crippen molar-refractivity contribution in [3.05, 3.63) is 82.4 Å². The number of benzene rings is 3. The van der Waals surface area contributed by atoms with Crippen LogP contribution in [0.25, 0.3) is 0 Å². The van der Waals surface area contributed by atoms with E-state index in [1.807, 2.05) is 18.2 Å². The van der Waals surface area contributed by atoms with Crippen molar-refractivity contribution in [1.29, 1.82) is 0 Å². The van der Waals surface area contributed by atoms with E-state index in [2.05, 4.69) is 14.8 Å². The van der Waals surface area contributed by atoms with Crippen LogP contribution in [0.4, 0.5) is 11.4 Å². The number of hydrogen-bond donors (Lipinski definition) is 3. The molecule has 0 spiro atoms. The van der Waals surface area contributed by atoms with Crippen LogP contribution in [-0.4, -0.2) is 40.6 Å². The third kappa shape index (κ3) is 7.75. The minimum Gasteiger partial charge on any atom is -0.493 e. The smallest absolute Gasteiger partial charge is 0.243 e. The molecule has 1 amide bonds. The molecule has 0 saturated carbocycles. The number of halogens is 1. The van der Waals surface area contributed by atoms with Crippen LogP contribution in [0.3, 0.4) is 0 Å². The Morgan fingerprint density at radius 1 is 0.950 bits per heavy atom. The van der Waals surface area contributed by atoms with Crippen LogP contribution in [0.2, 0.25) is 5.02 Å². The van der Waals surface area contributed by atoms with Crippen molar-refractivity contribution >= 4 is 48.9 Å². The molecule has 0 unspecified atom stereocenters. The zero-order valence-corrected chi connectivity index (χ0v) is 24.8. The third-order valence-corrected chi connectivity index (χ3v) is 9.39. The second-order valence-corrected chi connectivity index (χ2v) is 14.5. The number of nitrogens with one attached hydrogen (secondary N) is 3. The molecule has 12 heteroatoms. The van der Waals surface area contributed by atoms with E-state index in [-0.39, 0.29) is 28.7 Å². The Labute approximate surface area is 240 Å². The second-order valence-electron chi connectivity index (χ2n) is 10.5. The summed E-state index contributed by atoms with van der Waals surface area (Å²) in [5, 5.41) is 3.28. The van der Waals surface area contributed by atoms with Crippen molar-refractivity contribution in [1.82, 2.24) is 4.72 Å². The summed E-state index contributed by atoms with van der Waals surface area (Å²) >= 11 is 6.19. The summed E-state index contributed by atoms with van der Waals surface area (Å²) in [6, 6.07) is 16.6. The standard InChI is InChI=1S/C28H32ClN3O6S2/c1-28(2,3)32-40(36,37)26-10-5-4-8-24(26)31-39(34,35)16-14-20-11-12-21(29)17-25(20)38-15-13-19-7-6-9-23-22(19)18-27(33)30-23/h4-12,17,31-32H,13-16,18H2,1-3H3,(H,30,33). The molecule has 9 nitrogen and oxygen atoms in total. The number of aryl methyl sites for hydroxylation is 1. The van der Waals surface area contributed by atoms with Crippen LogP contribution < -0.4 is 19.5 Å². The molecule has 3 aromatic rings.